The largest absolute Gasteiger partial charge is 0.468 e. The summed E-state index contributed by atoms with van der Waals surface area (Å²) in [5.74, 6) is 1.41. The Labute approximate surface area is 190 Å². The number of hydrogen-bond donors (Lipinski definition) is 2. The van der Waals surface area contributed by atoms with E-state index in [-0.39, 0.29) is 42.2 Å². The Bertz CT molecular complexity index is 626. The zero-order chi connectivity index (χ0) is 19.8. The van der Waals surface area contributed by atoms with Crippen LogP contribution in [-0.2, 0) is 4.74 Å². The van der Waals surface area contributed by atoms with Crippen LogP contribution in [0.4, 0.5) is 4.79 Å². The minimum Gasteiger partial charge on any atom is -0.468 e. The molecule has 3 N–H and O–H groups in total. The molecule has 0 bridgehead atoms. The highest BCUT2D eigenvalue weighted by molar-refractivity contribution is 14.0. The zero-order valence-corrected chi connectivity index (χ0v) is 19.5. The van der Waals surface area contributed by atoms with Crippen molar-refractivity contribution in [3.05, 3.63) is 24.2 Å². The van der Waals surface area contributed by atoms with Crippen molar-refractivity contribution in [1.82, 2.24) is 15.1 Å². The van der Waals surface area contributed by atoms with Crippen LogP contribution in [0.5, 0.6) is 0 Å². The highest BCUT2D eigenvalue weighted by Crippen LogP contribution is 2.25. The van der Waals surface area contributed by atoms with E-state index in [1.165, 1.54) is 19.3 Å². The maximum atomic E-state index is 11.8. The van der Waals surface area contributed by atoms with E-state index in [2.05, 4.69) is 15.2 Å². The monoisotopic (exact) mass is 519 g/mol. The summed E-state index contributed by atoms with van der Waals surface area (Å²) in [5.41, 5.74) is 6.16. The third-order valence-corrected chi connectivity index (χ3v) is 5.51. The Morgan fingerprint density at radius 3 is 2.66 bits per heavy atom. The first kappa shape index (κ1) is 23.8. The number of nitrogens with zero attached hydrogens (tertiary/aromatic N) is 3. The maximum Gasteiger partial charge on any atom is 0.409 e. The van der Waals surface area contributed by atoms with Crippen LogP contribution in [0.3, 0.4) is 0 Å². The van der Waals surface area contributed by atoms with Crippen molar-refractivity contribution in [2.24, 2.45) is 10.7 Å². The molecule has 3 rings (SSSR count). The molecule has 2 saturated heterocycles. The zero-order valence-electron chi connectivity index (χ0n) is 17.2. The minimum absolute atomic E-state index is 0. The summed E-state index contributed by atoms with van der Waals surface area (Å²) in [7, 11) is 0. The summed E-state index contributed by atoms with van der Waals surface area (Å²) in [5, 5.41) is 3.31. The molecule has 0 aliphatic carbocycles. The number of guanidine groups is 1. The van der Waals surface area contributed by atoms with E-state index in [1.54, 1.807) is 11.2 Å². The van der Waals surface area contributed by atoms with Crippen molar-refractivity contribution in [1.29, 1.82) is 0 Å². The molecule has 0 spiro atoms. The fourth-order valence-corrected chi connectivity index (χ4v) is 3.96. The van der Waals surface area contributed by atoms with E-state index < -0.39 is 0 Å². The standard InChI is InChI=1S/C20H33N5O3.HI/c1-2-27-20(26)25-12-8-16(9-13-25)23-19(21)22-15-17(18-7-6-14-28-18)24-10-4-3-5-11-24;/h6-7,14,16-17H,2-5,8-13,15H2,1H3,(H3,21,22,23);1H. The maximum absolute atomic E-state index is 11.8. The summed E-state index contributed by atoms with van der Waals surface area (Å²) < 4.78 is 10.7. The number of amides is 1. The fourth-order valence-electron chi connectivity index (χ4n) is 3.96. The number of nitrogens with one attached hydrogen (secondary N) is 1. The second-order valence-corrected chi connectivity index (χ2v) is 7.46. The molecule has 1 aromatic rings. The summed E-state index contributed by atoms with van der Waals surface area (Å²) in [6.45, 7) is 6.29. The number of aliphatic imine (C=N–C) groups is 1. The second kappa shape index (κ2) is 12.3. The van der Waals surface area contributed by atoms with Gasteiger partial charge >= 0.3 is 6.09 Å². The molecule has 164 valence electrons. The first-order chi connectivity index (χ1) is 13.7. The number of furan rings is 1. The van der Waals surface area contributed by atoms with Crippen molar-refractivity contribution < 1.29 is 13.9 Å². The van der Waals surface area contributed by atoms with Gasteiger partial charge in [-0.1, -0.05) is 6.42 Å². The minimum atomic E-state index is -0.231. The number of carbonyl (C=O) groups excluding carboxylic acids is 1. The van der Waals surface area contributed by atoms with Crippen molar-refractivity contribution in [2.45, 2.75) is 51.1 Å². The quantitative estimate of drug-likeness (QED) is 0.341. The molecule has 1 unspecified atom stereocenters. The molecule has 1 aromatic heterocycles. The number of rotatable bonds is 6. The lowest BCUT2D eigenvalue weighted by Gasteiger charge is -2.33. The molecule has 1 amide bonds. The predicted molar refractivity (Wildman–Crippen MR) is 124 cm³/mol. The number of likely N-dealkylation sites (tertiary alicyclic amines) is 2. The van der Waals surface area contributed by atoms with E-state index >= 15 is 0 Å². The van der Waals surface area contributed by atoms with Gasteiger partial charge in [0.1, 0.15) is 5.76 Å². The Morgan fingerprint density at radius 2 is 2.03 bits per heavy atom. The molecule has 1 atom stereocenters. The van der Waals surface area contributed by atoms with Gasteiger partial charge in [0.05, 0.1) is 25.5 Å². The van der Waals surface area contributed by atoms with Gasteiger partial charge in [0, 0.05) is 19.1 Å². The Balaban J connectivity index is 0.00000300. The van der Waals surface area contributed by atoms with Gasteiger partial charge in [-0.05, 0) is 57.8 Å². The first-order valence-electron chi connectivity index (χ1n) is 10.4. The average Bonchev–Trinajstić information content (AvgIpc) is 3.24. The number of carbonyl (C=O) groups is 1. The SMILES string of the molecule is CCOC(=O)N1CCC(NC(N)=NCC(c2ccco2)N2CCCCC2)CC1.I. The van der Waals surface area contributed by atoms with Crippen molar-refractivity contribution in [3.8, 4) is 0 Å². The predicted octanol–water partition coefficient (Wildman–Crippen LogP) is 2.95. The third kappa shape index (κ3) is 7.06. The van der Waals surface area contributed by atoms with Gasteiger partial charge in [-0.15, -0.1) is 24.0 Å². The van der Waals surface area contributed by atoms with Crippen LogP contribution in [0.2, 0.25) is 0 Å². The molecular weight excluding hydrogens is 485 g/mol. The lowest BCUT2D eigenvalue weighted by Crippen LogP contribution is -2.48. The van der Waals surface area contributed by atoms with E-state index in [9.17, 15) is 4.79 Å². The van der Waals surface area contributed by atoms with Gasteiger partial charge in [-0.2, -0.15) is 0 Å². The molecule has 3 heterocycles. The van der Waals surface area contributed by atoms with Crippen LogP contribution < -0.4 is 11.1 Å². The molecule has 9 heteroatoms. The van der Waals surface area contributed by atoms with Crippen LogP contribution in [0, 0.1) is 0 Å². The second-order valence-electron chi connectivity index (χ2n) is 7.46. The van der Waals surface area contributed by atoms with Gasteiger partial charge in [0.2, 0.25) is 0 Å². The Morgan fingerprint density at radius 1 is 1.31 bits per heavy atom. The van der Waals surface area contributed by atoms with Gasteiger partial charge in [0.15, 0.2) is 5.96 Å². The third-order valence-electron chi connectivity index (χ3n) is 5.51. The van der Waals surface area contributed by atoms with Gasteiger partial charge < -0.3 is 25.1 Å². The average molecular weight is 519 g/mol. The van der Waals surface area contributed by atoms with Crippen LogP contribution in [0.1, 0.15) is 50.8 Å². The van der Waals surface area contributed by atoms with Gasteiger partial charge in [-0.25, -0.2) is 4.79 Å². The summed E-state index contributed by atoms with van der Waals surface area (Å²) in [6, 6.07) is 4.30. The molecule has 0 saturated carbocycles. The highest BCUT2D eigenvalue weighted by Gasteiger charge is 2.26. The van der Waals surface area contributed by atoms with E-state index in [1.807, 2.05) is 19.1 Å². The number of hydrogen-bond acceptors (Lipinski definition) is 5. The molecule has 2 fully saturated rings. The van der Waals surface area contributed by atoms with Gasteiger partial charge in [-0.3, -0.25) is 9.89 Å². The van der Waals surface area contributed by atoms with E-state index in [4.69, 9.17) is 14.9 Å². The van der Waals surface area contributed by atoms with Crippen molar-refractivity contribution >= 4 is 36.0 Å². The smallest absolute Gasteiger partial charge is 0.409 e. The normalized spacial score (nSPS) is 20.0. The van der Waals surface area contributed by atoms with Crippen molar-refractivity contribution in [2.75, 3.05) is 39.3 Å². The molecule has 8 nitrogen and oxygen atoms in total. The van der Waals surface area contributed by atoms with E-state index in [0.717, 1.165) is 31.7 Å². The number of nitrogens with two attached hydrogens (primary N) is 1. The molecule has 2 aliphatic rings. The van der Waals surface area contributed by atoms with Crippen LogP contribution in [0.25, 0.3) is 0 Å². The number of piperidine rings is 2. The topological polar surface area (TPSA) is 96.3 Å². The molecule has 29 heavy (non-hydrogen) atoms. The molecule has 0 aromatic carbocycles. The molecule has 2 aliphatic heterocycles. The lowest BCUT2D eigenvalue weighted by molar-refractivity contribution is 0.0963. The van der Waals surface area contributed by atoms with Crippen molar-refractivity contribution in [3.63, 3.8) is 0 Å². The molecule has 0 radical (unpaired) electrons. The lowest BCUT2D eigenvalue weighted by atomic mass is 10.1. The summed E-state index contributed by atoms with van der Waals surface area (Å²) in [6.07, 6.45) is 6.88. The Kier molecular flexibility index (Phi) is 10.1. The number of halogens is 1. The van der Waals surface area contributed by atoms with Crippen LogP contribution >= 0.6 is 24.0 Å². The summed E-state index contributed by atoms with van der Waals surface area (Å²) >= 11 is 0. The Hall–Kier alpha value is -1.49. The van der Waals surface area contributed by atoms with Gasteiger partial charge in [0.25, 0.3) is 0 Å². The highest BCUT2D eigenvalue weighted by atomic mass is 127. The molecular formula is C20H34IN5O3. The van der Waals surface area contributed by atoms with Crippen LogP contribution in [0.15, 0.2) is 27.8 Å². The summed E-state index contributed by atoms with van der Waals surface area (Å²) in [4.78, 5) is 20.6. The van der Waals surface area contributed by atoms with Crippen LogP contribution in [-0.4, -0.2) is 67.2 Å². The number of ether oxygens (including phenoxy) is 1. The van der Waals surface area contributed by atoms with E-state index in [0.29, 0.717) is 32.2 Å². The fraction of sp³-hybridized carbons (Fsp3) is 0.700. The first-order valence-corrected chi connectivity index (χ1v) is 10.4.